The van der Waals surface area contributed by atoms with Crippen molar-refractivity contribution in [3.8, 4) is 5.75 Å². The minimum Gasteiger partial charge on any atom is -0.496 e. The minimum atomic E-state index is -3.56. The summed E-state index contributed by atoms with van der Waals surface area (Å²) in [5.74, 6) is -0.189. The zero-order valence-electron chi connectivity index (χ0n) is 17.3. The molecule has 3 aromatic rings. The van der Waals surface area contributed by atoms with Gasteiger partial charge in [-0.3, -0.25) is 9.48 Å². The van der Waals surface area contributed by atoms with Crippen LogP contribution in [0, 0.1) is 5.92 Å². The molecular formula is C21H25N3O5S2. The maximum atomic E-state index is 13.0. The number of nitrogens with zero attached hydrogens (tertiary/aromatic N) is 2. The zero-order valence-corrected chi connectivity index (χ0v) is 19.1. The summed E-state index contributed by atoms with van der Waals surface area (Å²) < 4.78 is 38.0. The molecule has 10 heteroatoms. The lowest BCUT2D eigenvalue weighted by atomic mass is 10.1. The van der Waals surface area contributed by atoms with Crippen molar-refractivity contribution in [1.29, 1.82) is 0 Å². The maximum Gasteiger partial charge on any atom is 0.259 e. The van der Waals surface area contributed by atoms with Gasteiger partial charge in [-0.1, -0.05) is 6.07 Å². The van der Waals surface area contributed by atoms with Gasteiger partial charge in [-0.05, 0) is 42.7 Å². The standard InChI is InChI=1S/C21H23N3O5S.H2S/c1-24-19-5-3-4-18(17(19)11-22-24)23-21(25)16-10-15(6-7-20(16)28-2)30(26,27)13-14-8-9-29-12-14;/h3-7,10-11,14H,8-9,12-13H2,1-2H3,(H,23,25);1H2/t14-;/m0./s1. The number of sulfone groups is 1. The third-order valence-electron chi connectivity index (χ3n) is 5.29. The molecule has 0 radical (unpaired) electrons. The van der Waals surface area contributed by atoms with Crippen LogP contribution >= 0.6 is 13.5 Å². The Hall–Kier alpha value is -2.56. The highest BCUT2D eigenvalue weighted by atomic mass is 32.2. The highest BCUT2D eigenvalue weighted by molar-refractivity contribution is 7.91. The van der Waals surface area contributed by atoms with E-state index in [1.165, 1.54) is 25.3 Å². The topological polar surface area (TPSA) is 99.5 Å². The van der Waals surface area contributed by atoms with E-state index in [0.29, 0.717) is 24.7 Å². The Labute approximate surface area is 187 Å². The first-order valence-electron chi connectivity index (χ1n) is 9.59. The van der Waals surface area contributed by atoms with Gasteiger partial charge in [-0.15, -0.1) is 0 Å². The molecule has 8 nitrogen and oxygen atoms in total. The van der Waals surface area contributed by atoms with Crippen molar-refractivity contribution >= 4 is 45.8 Å². The van der Waals surface area contributed by atoms with E-state index in [4.69, 9.17) is 9.47 Å². The van der Waals surface area contributed by atoms with E-state index in [2.05, 4.69) is 10.4 Å². The number of carbonyl (C=O) groups excluding carboxylic acids is 1. The number of anilines is 1. The fourth-order valence-electron chi connectivity index (χ4n) is 3.66. The molecular weight excluding hydrogens is 438 g/mol. The zero-order chi connectivity index (χ0) is 21.3. The van der Waals surface area contributed by atoms with E-state index >= 15 is 0 Å². The Morgan fingerprint density at radius 3 is 2.84 bits per heavy atom. The Balaban J connectivity index is 0.00000272. The summed E-state index contributed by atoms with van der Waals surface area (Å²) in [6, 6.07) is 9.86. The van der Waals surface area contributed by atoms with Gasteiger partial charge in [0.25, 0.3) is 5.91 Å². The number of aryl methyl sites for hydroxylation is 1. The highest BCUT2D eigenvalue weighted by Crippen LogP contribution is 2.28. The second-order valence-corrected chi connectivity index (χ2v) is 9.37. The van der Waals surface area contributed by atoms with E-state index in [1.54, 1.807) is 16.9 Å². The number of benzene rings is 2. The number of aromatic nitrogens is 2. The molecule has 1 aliphatic rings. The number of hydrogen-bond donors (Lipinski definition) is 1. The third-order valence-corrected chi connectivity index (χ3v) is 7.18. The molecule has 0 spiro atoms. The van der Waals surface area contributed by atoms with Gasteiger partial charge >= 0.3 is 0 Å². The average Bonchev–Trinajstić information content (AvgIpc) is 3.37. The molecule has 0 aliphatic carbocycles. The molecule has 1 saturated heterocycles. The molecule has 1 atom stereocenters. The first kappa shape index (κ1) is 23.1. The van der Waals surface area contributed by atoms with Crippen molar-refractivity contribution in [2.75, 3.05) is 31.4 Å². The largest absolute Gasteiger partial charge is 0.496 e. The van der Waals surface area contributed by atoms with Crippen LogP contribution in [-0.2, 0) is 21.6 Å². The Morgan fingerprint density at radius 2 is 2.13 bits per heavy atom. The number of methoxy groups -OCH3 is 1. The van der Waals surface area contributed by atoms with Gasteiger partial charge in [0.05, 0.1) is 47.3 Å². The van der Waals surface area contributed by atoms with Crippen molar-refractivity contribution in [2.45, 2.75) is 11.3 Å². The number of amides is 1. The SMILES string of the molecule is COc1ccc(S(=O)(=O)C[C@H]2CCOC2)cc1C(=O)Nc1cccc2c1cnn2C.S. The molecule has 1 aliphatic heterocycles. The van der Waals surface area contributed by atoms with Crippen LogP contribution in [-0.4, -0.2) is 50.2 Å². The normalized spacial score (nSPS) is 16.1. The van der Waals surface area contributed by atoms with Gasteiger partial charge in [0.2, 0.25) is 0 Å². The molecule has 0 unspecified atom stereocenters. The Kier molecular flexibility index (Phi) is 6.93. The smallest absolute Gasteiger partial charge is 0.259 e. The summed E-state index contributed by atoms with van der Waals surface area (Å²) in [6.07, 6.45) is 2.39. The number of rotatable bonds is 6. The molecule has 2 heterocycles. The summed E-state index contributed by atoms with van der Waals surface area (Å²) in [6.45, 7) is 1.02. The minimum absolute atomic E-state index is 0. The molecule has 0 bridgehead atoms. The van der Waals surface area contributed by atoms with Crippen LogP contribution in [0.25, 0.3) is 10.9 Å². The summed E-state index contributed by atoms with van der Waals surface area (Å²) >= 11 is 0. The second kappa shape index (κ2) is 9.29. The number of hydrogen-bond acceptors (Lipinski definition) is 6. The van der Waals surface area contributed by atoms with Crippen LogP contribution in [0.15, 0.2) is 47.5 Å². The molecule has 0 saturated carbocycles. The lowest BCUT2D eigenvalue weighted by Crippen LogP contribution is -2.18. The second-order valence-electron chi connectivity index (χ2n) is 7.33. The first-order valence-corrected chi connectivity index (χ1v) is 11.2. The van der Waals surface area contributed by atoms with E-state index in [1.807, 2.05) is 19.2 Å². The highest BCUT2D eigenvalue weighted by Gasteiger charge is 2.26. The predicted octanol–water partition coefficient (Wildman–Crippen LogP) is 2.76. The van der Waals surface area contributed by atoms with Gasteiger partial charge in [0, 0.05) is 19.0 Å². The predicted molar refractivity (Wildman–Crippen MR) is 123 cm³/mol. The summed E-state index contributed by atoms with van der Waals surface area (Å²) in [4.78, 5) is 13.1. The number of nitrogens with one attached hydrogen (secondary N) is 1. The van der Waals surface area contributed by atoms with E-state index in [9.17, 15) is 13.2 Å². The maximum absolute atomic E-state index is 13.0. The Bertz CT molecular complexity index is 1200. The van der Waals surface area contributed by atoms with Crippen molar-refractivity contribution in [3.05, 3.63) is 48.2 Å². The van der Waals surface area contributed by atoms with Crippen LogP contribution in [0.2, 0.25) is 0 Å². The molecule has 1 fully saturated rings. The van der Waals surface area contributed by atoms with Crippen LogP contribution in [0.3, 0.4) is 0 Å². The number of carbonyl (C=O) groups is 1. The van der Waals surface area contributed by atoms with Crippen molar-refractivity contribution in [1.82, 2.24) is 9.78 Å². The van der Waals surface area contributed by atoms with Gasteiger partial charge in [0.1, 0.15) is 5.75 Å². The van der Waals surface area contributed by atoms with Crippen LogP contribution < -0.4 is 10.1 Å². The fourth-order valence-corrected chi connectivity index (χ4v) is 5.30. The van der Waals surface area contributed by atoms with Crippen molar-refractivity contribution < 1.29 is 22.7 Å². The molecule has 2 aromatic carbocycles. The molecule has 1 N–H and O–H groups in total. The van der Waals surface area contributed by atoms with Gasteiger partial charge in [-0.25, -0.2) is 8.42 Å². The van der Waals surface area contributed by atoms with E-state index in [-0.39, 0.29) is 35.6 Å². The molecule has 1 aromatic heterocycles. The number of fused-ring (bicyclic) bond motifs is 1. The van der Waals surface area contributed by atoms with Gasteiger partial charge < -0.3 is 14.8 Å². The van der Waals surface area contributed by atoms with E-state index in [0.717, 1.165) is 17.3 Å². The third kappa shape index (κ3) is 4.70. The molecule has 166 valence electrons. The monoisotopic (exact) mass is 463 g/mol. The van der Waals surface area contributed by atoms with Crippen LogP contribution in [0.4, 0.5) is 5.69 Å². The number of ether oxygens (including phenoxy) is 2. The quantitative estimate of drug-likeness (QED) is 0.603. The molecule has 4 rings (SSSR count). The van der Waals surface area contributed by atoms with Crippen LogP contribution in [0.5, 0.6) is 5.75 Å². The van der Waals surface area contributed by atoms with Gasteiger partial charge in [-0.2, -0.15) is 18.6 Å². The van der Waals surface area contributed by atoms with Crippen molar-refractivity contribution in [2.24, 2.45) is 13.0 Å². The first-order chi connectivity index (χ1) is 14.4. The summed E-state index contributed by atoms with van der Waals surface area (Å²) in [7, 11) is -0.295. The van der Waals surface area contributed by atoms with Gasteiger partial charge in [0.15, 0.2) is 9.84 Å². The lowest BCUT2D eigenvalue weighted by Gasteiger charge is -2.13. The van der Waals surface area contributed by atoms with E-state index < -0.39 is 15.7 Å². The Morgan fingerprint density at radius 1 is 1.32 bits per heavy atom. The van der Waals surface area contributed by atoms with Crippen LogP contribution in [0.1, 0.15) is 16.8 Å². The lowest BCUT2D eigenvalue weighted by molar-refractivity contribution is 0.102. The molecule has 1 amide bonds. The van der Waals surface area contributed by atoms with Crippen molar-refractivity contribution in [3.63, 3.8) is 0 Å². The fraction of sp³-hybridized carbons (Fsp3) is 0.333. The summed E-state index contributed by atoms with van der Waals surface area (Å²) in [5.41, 5.74) is 1.61. The summed E-state index contributed by atoms with van der Waals surface area (Å²) in [5, 5.41) is 7.86. The molecule has 31 heavy (non-hydrogen) atoms. The average molecular weight is 464 g/mol.